The van der Waals surface area contributed by atoms with E-state index in [1.54, 1.807) is 84.9 Å². The first-order chi connectivity index (χ1) is 46.4. The summed E-state index contributed by atoms with van der Waals surface area (Å²) in [6.45, 7) is 0. The van der Waals surface area contributed by atoms with Crippen LogP contribution >= 0.6 is 233 Å². The van der Waals surface area contributed by atoms with Crippen molar-refractivity contribution in [2.45, 2.75) is 48.2 Å². The third-order valence-corrected chi connectivity index (χ3v) is 21.8. The number of hydrogen-bond acceptors (Lipinski definition) is 12. The lowest BCUT2D eigenvalue weighted by molar-refractivity contribution is 0.460. The number of phenols is 8. The van der Waals surface area contributed by atoms with Gasteiger partial charge in [-0.15, -0.1) is 35.3 Å². The fraction of sp³-hybridized carbons (Fsp3) is 0.0571. The fourth-order valence-corrected chi connectivity index (χ4v) is 16.9. The molecule has 0 unspecified atom stereocenters. The summed E-state index contributed by atoms with van der Waals surface area (Å²) in [7, 11) is 0. The van der Waals surface area contributed by atoms with Crippen LogP contribution < -0.4 is 0 Å². The van der Waals surface area contributed by atoms with Gasteiger partial charge in [0.15, 0.2) is 0 Å². The van der Waals surface area contributed by atoms with Crippen LogP contribution in [0, 0.1) is 0 Å². The summed E-state index contributed by atoms with van der Waals surface area (Å²) in [5.74, 6) is 0.891. The molecular weight excluding hydrogens is 1660 g/mol. The third kappa shape index (κ3) is 22.2. The van der Waals surface area contributed by atoms with Crippen LogP contribution in [0.15, 0.2) is 194 Å². The van der Waals surface area contributed by atoms with Gasteiger partial charge in [0, 0.05) is 84.7 Å². The van der Waals surface area contributed by atoms with E-state index in [9.17, 15) is 40.9 Å². The van der Waals surface area contributed by atoms with Crippen LogP contribution in [0.1, 0.15) is 27.8 Å². The van der Waals surface area contributed by atoms with E-state index in [2.05, 4.69) is 0 Å². The summed E-state index contributed by atoms with van der Waals surface area (Å²) in [5.41, 5.74) is 6.83. The molecule has 98 heavy (non-hydrogen) atoms. The number of halogens is 16. The van der Waals surface area contributed by atoms with Crippen molar-refractivity contribution in [2.24, 2.45) is 0 Å². The maximum Gasteiger partial charge on any atom is 0.148 e. The highest BCUT2D eigenvalue weighted by Crippen LogP contribution is 2.49. The van der Waals surface area contributed by atoms with E-state index < -0.39 is 0 Å². The zero-order valence-corrected chi connectivity index (χ0v) is 64.6. The van der Waals surface area contributed by atoms with E-state index in [1.807, 2.05) is 54.6 Å². The molecule has 0 aliphatic rings. The first kappa shape index (κ1) is 79.6. The third-order valence-electron chi connectivity index (χ3n) is 13.5. The van der Waals surface area contributed by atoms with Gasteiger partial charge in [0.2, 0.25) is 0 Å². The second kappa shape index (κ2) is 36.8. The molecule has 0 aliphatic heterocycles. The minimum Gasteiger partial charge on any atom is -0.506 e. The van der Waals surface area contributed by atoms with E-state index >= 15 is 0 Å². The number of hydrogen-bond donors (Lipinski definition) is 8. The van der Waals surface area contributed by atoms with Gasteiger partial charge in [0.25, 0.3) is 0 Å². The first-order valence-electron chi connectivity index (χ1n) is 27.7. The highest BCUT2D eigenvalue weighted by Gasteiger charge is 2.20. The Bertz CT molecular complexity index is 4670. The lowest BCUT2D eigenvalue weighted by atomic mass is 10.0. The maximum absolute atomic E-state index is 10.7. The van der Waals surface area contributed by atoms with Crippen molar-refractivity contribution in [1.29, 1.82) is 0 Å². The first-order valence-corrected chi connectivity index (χ1v) is 37.5. The molecule has 8 nitrogen and oxygen atoms in total. The Kier molecular flexibility index (Phi) is 29.9. The standard InChI is InChI=1S/C20H14Cl4O2S.C19H12Cl4O2S.C18H10Cl4O2S.C13H8Cl4O2S/c21-14-3-1-11(2-4-14)5-12-6-16(23)20(26)18(7-12)27-10-13-8-15(22)9-17(24)19(13)25;20-13-3-1-2-10(5-13)11-4-12(18(24)15(22)6-11)9-26-17-8-14(21)7-16(23)19(17)25;19-10-3-1-9(2-4-10)13-5-11(20)7-15(17(13)23)25-16-8-12(21)6-14(22)18(16)24;14-7-1-6(12(18)9(16)2-7)5-20-11-4-8(15)3-10(17)13(11)19/h1-4,6-9,25-26H,5,10H2;1-8,24-25H,9H2;1-8,23-24H;1-4,18-19H,5H2. The van der Waals surface area contributed by atoms with Crippen LogP contribution in [0.3, 0.4) is 0 Å². The van der Waals surface area contributed by atoms with Crippen molar-refractivity contribution in [3.05, 3.63) is 278 Å². The van der Waals surface area contributed by atoms with Crippen LogP contribution in [-0.4, -0.2) is 40.9 Å². The van der Waals surface area contributed by atoms with Gasteiger partial charge in [0.1, 0.15) is 46.0 Å². The minimum absolute atomic E-state index is 0.00226. The van der Waals surface area contributed by atoms with Crippen LogP contribution in [-0.2, 0) is 23.7 Å². The van der Waals surface area contributed by atoms with Gasteiger partial charge in [-0.05, 0) is 168 Å². The van der Waals surface area contributed by atoms with Gasteiger partial charge in [-0.2, -0.15) is 0 Å². The molecular formula is C70H44Cl16O8S4. The van der Waals surface area contributed by atoms with E-state index in [1.165, 1.54) is 65.6 Å². The highest BCUT2D eigenvalue weighted by molar-refractivity contribution is 7.99. The Morgan fingerprint density at radius 1 is 0.235 bits per heavy atom. The molecule has 11 rings (SSSR count). The molecule has 11 aromatic rings. The number of aromatic hydroxyl groups is 8. The molecule has 508 valence electrons. The van der Waals surface area contributed by atoms with Gasteiger partial charge in [-0.3, -0.25) is 0 Å². The molecule has 11 aromatic carbocycles. The zero-order valence-electron chi connectivity index (χ0n) is 49.3. The monoisotopic (exact) mass is 1700 g/mol. The predicted octanol–water partition coefficient (Wildman–Crippen LogP) is 28.8. The SMILES string of the molecule is Oc1c(Cl)cc(-c2cccc(Cl)c2)cc1CSc1cc(Cl)cc(Cl)c1O.Oc1c(Cl)cc(Cl)cc1CSc1cc(Cc2ccc(Cl)cc2)cc(Cl)c1O.Oc1c(Cl)cc(Cl)cc1CSc1cc(Cl)cc(Cl)c1O.Oc1c(Cl)cc(Cl)cc1Sc1cc(Cl)cc(-c2ccc(Cl)cc2)c1O. The number of rotatable bonds is 15. The number of benzene rings is 11. The van der Waals surface area contributed by atoms with Gasteiger partial charge in [-0.25, -0.2) is 0 Å². The molecule has 8 N–H and O–H groups in total. The zero-order chi connectivity index (χ0) is 71.4. The Labute approximate surface area is 660 Å². The van der Waals surface area contributed by atoms with E-state index in [4.69, 9.17) is 186 Å². The molecule has 28 heteroatoms. The largest absolute Gasteiger partial charge is 0.506 e. The molecule has 0 aromatic heterocycles. The van der Waals surface area contributed by atoms with Gasteiger partial charge < -0.3 is 40.9 Å². The summed E-state index contributed by atoms with van der Waals surface area (Å²) in [6.07, 6.45) is 0.652. The lowest BCUT2D eigenvalue weighted by Crippen LogP contribution is -1.91. The van der Waals surface area contributed by atoms with E-state index in [-0.39, 0.29) is 81.2 Å². The van der Waals surface area contributed by atoms with Gasteiger partial charge >= 0.3 is 0 Å². The van der Waals surface area contributed by atoms with Gasteiger partial charge in [0.05, 0.1) is 59.6 Å². The molecule has 0 saturated carbocycles. The quantitative estimate of drug-likeness (QED) is 0.0460. The average Bonchev–Trinajstić information content (AvgIpc) is 0.819. The highest BCUT2D eigenvalue weighted by atomic mass is 35.5. The Morgan fingerprint density at radius 2 is 0.592 bits per heavy atom. The van der Waals surface area contributed by atoms with Crippen molar-refractivity contribution < 1.29 is 40.9 Å². The average molecular weight is 1710 g/mol. The Morgan fingerprint density at radius 3 is 1.05 bits per heavy atom. The van der Waals surface area contributed by atoms with Gasteiger partial charge in [-0.1, -0.05) is 234 Å². The molecule has 0 saturated heterocycles. The fourth-order valence-electron chi connectivity index (χ4n) is 8.75. The second-order valence-corrected chi connectivity index (χ2v) is 31.4. The summed E-state index contributed by atoms with van der Waals surface area (Å²) in [5, 5.41) is 87.0. The molecule has 0 fully saturated rings. The normalized spacial score (nSPS) is 10.9. The summed E-state index contributed by atoms with van der Waals surface area (Å²) in [6, 6.07) is 47.7. The van der Waals surface area contributed by atoms with Crippen LogP contribution in [0.4, 0.5) is 0 Å². The smallest absolute Gasteiger partial charge is 0.148 e. The van der Waals surface area contributed by atoms with Crippen LogP contribution in [0.25, 0.3) is 22.3 Å². The lowest BCUT2D eigenvalue weighted by Gasteiger charge is -2.12. The topological polar surface area (TPSA) is 162 Å². The molecule has 0 bridgehead atoms. The number of phenolic OH excluding ortho intramolecular Hbond substituents is 8. The van der Waals surface area contributed by atoms with Crippen molar-refractivity contribution in [1.82, 2.24) is 0 Å². The molecule has 0 amide bonds. The molecule has 0 aliphatic carbocycles. The summed E-state index contributed by atoms with van der Waals surface area (Å²) >= 11 is 101. The van der Waals surface area contributed by atoms with Crippen LogP contribution in [0.5, 0.6) is 46.0 Å². The van der Waals surface area contributed by atoms with Crippen molar-refractivity contribution >= 4 is 233 Å². The molecule has 0 heterocycles. The Hall–Kier alpha value is -4.14. The van der Waals surface area contributed by atoms with E-state index in [0.717, 1.165) is 39.6 Å². The minimum atomic E-state index is -0.108. The summed E-state index contributed by atoms with van der Waals surface area (Å²) in [4.78, 5) is 2.52. The van der Waals surface area contributed by atoms with Crippen LogP contribution in [0.2, 0.25) is 80.4 Å². The Balaban J connectivity index is 0.000000168. The predicted molar refractivity (Wildman–Crippen MR) is 418 cm³/mol. The summed E-state index contributed by atoms with van der Waals surface area (Å²) < 4.78 is 0. The molecule has 0 spiro atoms. The van der Waals surface area contributed by atoms with Crippen molar-refractivity contribution in [2.75, 3.05) is 0 Å². The molecule has 0 radical (unpaired) electrons. The maximum atomic E-state index is 10.7. The van der Waals surface area contributed by atoms with Crippen molar-refractivity contribution in [3.63, 3.8) is 0 Å². The molecule has 0 atom stereocenters. The van der Waals surface area contributed by atoms with E-state index in [0.29, 0.717) is 116 Å². The second-order valence-electron chi connectivity index (χ2n) is 20.5. The van der Waals surface area contributed by atoms with Crippen molar-refractivity contribution in [3.8, 4) is 68.2 Å². The number of thioether (sulfide) groups is 3.